The summed E-state index contributed by atoms with van der Waals surface area (Å²) < 4.78 is 39.6. The average molecular weight is 276 g/mol. The Kier molecular flexibility index (Phi) is 10.0. The van der Waals surface area contributed by atoms with Crippen LogP contribution in [0.15, 0.2) is 0 Å². The molecule has 0 bridgehead atoms. The molecule has 0 rings (SSSR count). The van der Waals surface area contributed by atoms with Crippen LogP contribution >= 0.6 is 0 Å². The fourth-order valence-electron chi connectivity index (χ4n) is 1.08. The molecule has 0 aliphatic carbocycles. The topological polar surface area (TPSA) is 110 Å². The molecule has 0 saturated carbocycles. The van der Waals surface area contributed by atoms with Gasteiger partial charge in [0, 0.05) is 5.75 Å². The third kappa shape index (κ3) is 8.56. The smallest absolute Gasteiger partial charge is 0.748 e. The van der Waals surface area contributed by atoms with Crippen LogP contribution in [0.1, 0.15) is 12.8 Å². The molecule has 0 atom stereocenters. The maximum Gasteiger partial charge on any atom is 1.00 e. The molecule has 0 unspecified atom stereocenters. The second-order valence-electron chi connectivity index (χ2n) is 3.00. The molecule has 0 aliphatic rings. The molecule has 0 saturated heterocycles. The third-order valence-corrected chi connectivity index (χ3v) is 2.65. The van der Waals surface area contributed by atoms with E-state index in [4.69, 9.17) is 0 Å². The summed E-state index contributed by atoms with van der Waals surface area (Å²) in [6, 6.07) is 0. The van der Waals surface area contributed by atoms with Crippen LogP contribution in [0.4, 0.5) is 0 Å². The summed E-state index contributed by atoms with van der Waals surface area (Å²) in [5.41, 5.74) is 0. The van der Waals surface area contributed by atoms with Gasteiger partial charge in [-0.2, -0.15) is 0 Å². The van der Waals surface area contributed by atoms with E-state index in [-0.39, 0.29) is 42.4 Å². The summed E-state index contributed by atoms with van der Waals surface area (Å²) in [6.07, 6.45) is -0.193. The summed E-state index contributed by atoms with van der Waals surface area (Å²) in [7, 11) is -2.14. The Labute approximate surface area is 122 Å². The Bertz CT molecular complexity index is 335. The maximum atomic E-state index is 11.1. The molecule has 0 fully saturated rings. The first kappa shape index (κ1) is 19.2. The Morgan fingerprint density at radius 2 is 1.59 bits per heavy atom. The van der Waals surface area contributed by atoms with Gasteiger partial charge in [-0.25, -0.2) is 8.42 Å². The van der Waals surface area contributed by atoms with E-state index in [9.17, 15) is 22.6 Å². The molecule has 0 amide bonds. The van der Waals surface area contributed by atoms with Crippen molar-refractivity contribution in [3.8, 4) is 0 Å². The number of ether oxygens (including phenoxy) is 2. The summed E-state index contributed by atoms with van der Waals surface area (Å²) in [6.45, 7) is 0. The third-order valence-electron chi connectivity index (χ3n) is 1.86. The van der Waals surface area contributed by atoms with Crippen LogP contribution in [0.5, 0.6) is 0 Å². The average Bonchev–Trinajstić information content (AvgIpc) is 2.21. The molecular formula is C8H13NaO7S. The molecule has 0 spiro atoms. The Morgan fingerprint density at radius 1 is 1.18 bits per heavy atom. The molecule has 0 N–H and O–H groups in total. The standard InChI is InChI=1S/C8H14O7S.Na/c1-14-7(9)6(8(10)15-2)4-3-5-16(11,12)13;/h6H,3-5H2,1-2H3,(H,11,12,13);/q;+1/p-1. The fraction of sp³-hybridized carbons (Fsp3) is 0.750. The van der Waals surface area contributed by atoms with E-state index in [1.54, 1.807) is 0 Å². The molecule has 0 aliphatic heterocycles. The van der Waals surface area contributed by atoms with E-state index in [0.717, 1.165) is 14.2 Å². The number of hydrogen-bond acceptors (Lipinski definition) is 7. The number of hydrogen-bond donors (Lipinski definition) is 0. The Hall–Kier alpha value is -0.150. The summed E-state index contributed by atoms with van der Waals surface area (Å²) in [4.78, 5) is 22.2. The van der Waals surface area contributed by atoms with E-state index < -0.39 is 33.7 Å². The molecule has 9 heteroatoms. The number of esters is 2. The van der Waals surface area contributed by atoms with E-state index in [1.807, 2.05) is 0 Å². The van der Waals surface area contributed by atoms with Gasteiger partial charge in [0.05, 0.1) is 24.3 Å². The van der Waals surface area contributed by atoms with Crippen LogP contribution in [-0.2, 0) is 29.2 Å². The summed E-state index contributed by atoms with van der Waals surface area (Å²) >= 11 is 0. The van der Waals surface area contributed by atoms with Crippen molar-refractivity contribution >= 4 is 22.1 Å². The molecule has 0 aromatic carbocycles. The molecule has 0 radical (unpaired) electrons. The molecular weight excluding hydrogens is 263 g/mol. The van der Waals surface area contributed by atoms with Gasteiger partial charge in [-0.1, -0.05) is 0 Å². The van der Waals surface area contributed by atoms with Crippen LogP contribution < -0.4 is 29.6 Å². The van der Waals surface area contributed by atoms with Crippen molar-refractivity contribution in [2.75, 3.05) is 20.0 Å². The van der Waals surface area contributed by atoms with Crippen LogP contribution in [-0.4, -0.2) is 44.9 Å². The minimum absolute atomic E-state index is 0. The molecule has 0 aromatic heterocycles. The zero-order chi connectivity index (χ0) is 12.8. The van der Waals surface area contributed by atoms with E-state index in [0.29, 0.717) is 0 Å². The van der Waals surface area contributed by atoms with Gasteiger partial charge in [-0.05, 0) is 12.8 Å². The van der Waals surface area contributed by atoms with Gasteiger partial charge < -0.3 is 14.0 Å². The van der Waals surface area contributed by atoms with Crippen LogP contribution in [0, 0.1) is 5.92 Å². The van der Waals surface area contributed by atoms with Crippen molar-refractivity contribution in [1.29, 1.82) is 0 Å². The van der Waals surface area contributed by atoms with Crippen LogP contribution in [0.3, 0.4) is 0 Å². The molecule has 0 heterocycles. The predicted molar refractivity (Wildman–Crippen MR) is 51.3 cm³/mol. The first-order valence-corrected chi connectivity index (χ1v) is 5.98. The van der Waals surface area contributed by atoms with Gasteiger partial charge in [0.25, 0.3) is 0 Å². The van der Waals surface area contributed by atoms with E-state index in [1.165, 1.54) is 0 Å². The zero-order valence-corrected chi connectivity index (χ0v) is 12.8. The Balaban J connectivity index is 0. The minimum atomic E-state index is -4.34. The van der Waals surface area contributed by atoms with Crippen LogP contribution in [0.25, 0.3) is 0 Å². The van der Waals surface area contributed by atoms with Crippen molar-refractivity contribution in [2.45, 2.75) is 12.8 Å². The van der Waals surface area contributed by atoms with Crippen molar-refractivity contribution in [2.24, 2.45) is 5.92 Å². The second kappa shape index (κ2) is 8.87. The Morgan fingerprint density at radius 3 is 1.88 bits per heavy atom. The number of rotatable bonds is 6. The van der Waals surface area contributed by atoms with Gasteiger partial charge in [0.15, 0.2) is 5.92 Å². The largest absolute Gasteiger partial charge is 1.00 e. The van der Waals surface area contributed by atoms with Gasteiger partial charge in [0.2, 0.25) is 0 Å². The monoisotopic (exact) mass is 276 g/mol. The van der Waals surface area contributed by atoms with Gasteiger partial charge in [0.1, 0.15) is 0 Å². The SMILES string of the molecule is COC(=O)C(CCCS(=O)(=O)[O-])C(=O)OC.[Na+]. The number of methoxy groups -OCH3 is 2. The molecule has 94 valence electrons. The van der Waals surface area contributed by atoms with Gasteiger partial charge in [-0.15, -0.1) is 0 Å². The van der Waals surface area contributed by atoms with Gasteiger partial charge >= 0.3 is 41.5 Å². The fourth-order valence-corrected chi connectivity index (χ4v) is 1.60. The predicted octanol–water partition coefficient (Wildman–Crippen LogP) is -3.72. The van der Waals surface area contributed by atoms with Gasteiger partial charge in [-0.3, -0.25) is 9.59 Å². The maximum absolute atomic E-state index is 11.1. The van der Waals surface area contributed by atoms with Crippen molar-refractivity contribution < 1.29 is 61.6 Å². The first-order valence-electron chi connectivity index (χ1n) is 4.41. The first-order chi connectivity index (χ1) is 7.31. The van der Waals surface area contributed by atoms with E-state index in [2.05, 4.69) is 9.47 Å². The molecule has 17 heavy (non-hydrogen) atoms. The second-order valence-corrected chi connectivity index (χ2v) is 4.53. The van der Waals surface area contributed by atoms with Crippen molar-refractivity contribution in [3.63, 3.8) is 0 Å². The van der Waals surface area contributed by atoms with Crippen LogP contribution in [0.2, 0.25) is 0 Å². The minimum Gasteiger partial charge on any atom is -0.748 e. The van der Waals surface area contributed by atoms with Crippen molar-refractivity contribution in [1.82, 2.24) is 0 Å². The number of carbonyl (C=O) groups excluding carboxylic acids is 2. The van der Waals surface area contributed by atoms with E-state index >= 15 is 0 Å². The summed E-state index contributed by atoms with van der Waals surface area (Å²) in [5.74, 6) is -3.43. The van der Waals surface area contributed by atoms with Crippen molar-refractivity contribution in [3.05, 3.63) is 0 Å². The quantitative estimate of drug-likeness (QED) is 0.212. The summed E-state index contributed by atoms with van der Waals surface area (Å²) in [5, 5.41) is 0. The normalized spacial score (nSPS) is 10.6. The molecule has 7 nitrogen and oxygen atoms in total. The zero-order valence-electron chi connectivity index (χ0n) is 9.96. The number of carbonyl (C=O) groups is 2. The molecule has 0 aromatic rings.